The van der Waals surface area contributed by atoms with E-state index in [1.54, 1.807) is 12.1 Å². The number of morpholine rings is 1. The molecule has 3 rings (SSSR count). The molecule has 8 heteroatoms. The van der Waals surface area contributed by atoms with E-state index < -0.39 is 5.91 Å². The number of rotatable bonds is 3. The molecule has 2 fully saturated rings. The lowest BCUT2D eigenvalue weighted by Gasteiger charge is -2.34. The molecule has 2 saturated heterocycles. The van der Waals surface area contributed by atoms with Gasteiger partial charge in [-0.25, -0.2) is 0 Å². The van der Waals surface area contributed by atoms with Crippen LogP contribution in [0.15, 0.2) is 18.3 Å². The monoisotopic (exact) mass is 319 g/mol. The number of nitrogens with one attached hydrogen (secondary N) is 2. The summed E-state index contributed by atoms with van der Waals surface area (Å²) >= 11 is 0. The molecule has 0 bridgehead atoms. The maximum Gasteiger partial charge on any atom is 0.250 e. The number of carbonyl (C=O) groups excluding carboxylic acids is 2. The number of ether oxygens (including phenoxy) is 1. The van der Waals surface area contributed by atoms with Crippen molar-refractivity contribution in [3.05, 3.63) is 29.6 Å². The maximum atomic E-state index is 12.6. The zero-order chi connectivity index (χ0) is 16.4. The zero-order valence-electron chi connectivity index (χ0n) is 13.0. The van der Waals surface area contributed by atoms with Crippen molar-refractivity contribution < 1.29 is 14.3 Å². The molecule has 124 valence electrons. The van der Waals surface area contributed by atoms with E-state index in [9.17, 15) is 9.59 Å². The van der Waals surface area contributed by atoms with Crippen LogP contribution in [-0.2, 0) is 9.53 Å². The number of hydrogen-bond donors (Lipinski definition) is 3. The summed E-state index contributed by atoms with van der Waals surface area (Å²) in [5, 5.41) is 0. The lowest BCUT2D eigenvalue weighted by atomic mass is 10.0. The van der Waals surface area contributed by atoms with Gasteiger partial charge in [0.05, 0.1) is 30.3 Å². The summed E-state index contributed by atoms with van der Waals surface area (Å²) in [6.45, 7) is 4.14. The van der Waals surface area contributed by atoms with Crippen molar-refractivity contribution in [2.75, 3.05) is 26.2 Å². The standard InChI is InChI=1S/C15H21N5O3/c1-9-11(7-18-19-9)15(22)20-4-5-23-13(8-20)12-3-2-10(6-17-12)14(16)21/h2-3,6,9,11,13,18-19H,4-5,7-8H2,1H3,(H2,16,21). The number of nitrogens with zero attached hydrogens (tertiary/aromatic N) is 2. The molecule has 3 unspecified atom stereocenters. The second-order valence-corrected chi connectivity index (χ2v) is 5.90. The van der Waals surface area contributed by atoms with Gasteiger partial charge in [-0.05, 0) is 19.1 Å². The second kappa shape index (κ2) is 6.61. The number of primary amides is 1. The average Bonchev–Trinajstić information content (AvgIpc) is 3.00. The van der Waals surface area contributed by atoms with E-state index in [0.717, 1.165) is 0 Å². The predicted octanol–water partition coefficient (Wildman–Crippen LogP) is -0.807. The van der Waals surface area contributed by atoms with Crippen LogP contribution < -0.4 is 16.6 Å². The van der Waals surface area contributed by atoms with Crippen LogP contribution >= 0.6 is 0 Å². The Morgan fingerprint density at radius 1 is 1.43 bits per heavy atom. The summed E-state index contributed by atoms with van der Waals surface area (Å²) in [6.07, 6.45) is 1.15. The maximum absolute atomic E-state index is 12.6. The predicted molar refractivity (Wildman–Crippen MR) is 82.1 cm³/mol. The van der Waals surface area contributed by atoms with Gasteiger partial charge in [-0.3, -0.25) is 25.4 Å². The Hall–Kier alpha value is -2.03. The van der Waals surface area contributed by atoms with Gasteiger partial charge < -0.3 is 15.4 Å². The number of hydrazine groups is 1. The smallest absolute Gasteiger partial charge is 0.250 e. The highest BCUT2D eigenvalue weighted by atomic mass is 16.5. The largest absolute Gasteiger partial charge is 0.368 e. The molecule has 3 atom stereocenters. The number of carbonyl (C=O) groups is 2. The van der Waals surface area contributed by atoms with E-state index >= 15 is 0 Å². The fourth-order valence-corrected chi connectivity index (χ4v) is 2.91. The van der Waals surface area contributed by atoms with Gasteiger partial charge in [-0.1, -0.05) is 0 Å². The first kappa shape index (κ1) is 15.9. The molecule has 0 aliphatic carbocycles. The Bertz CT molecular complexity index is 591. The van der Waals surface area contributed by atoms with E-state index in [0.29, 0.717) is 37.5 Å². The number of pyridine rings is 1. The SMILES string of the molecule is CC1NNCC1C(=O)N1CCOC(c2ccc(C(N)=O)cn2)C1. The molecule has 4 N–H and O–H groups in total. The van der Waals surface area contributed by atoms with Gasteiger partial charge in [0.1, 0.15) is 6.10 Å². The molecule has 2 amide bonds. The van der Waals surface area contributed by atoms with Crippen LogP contribution in [0.3, 0.4) is 0 Å². The fourth-order valence-electron chi connectivity index (χ4n) is 2.91. The summed E-state index contributed by atoms with van der Waals surface area (Å²) in [4.78, 5) is 29.8. The van der Waals surface area contributed by atoms with Gasteiger partial charge in [0, 0.05) is 25.3 Å². The summed E-state index contributed by atoms with van der Waals surface area (Å²) in [5.74, 6) is -0.461. The first-order chi connectivity index (χ1) is 11.1. The van der Waals surface area contributed by atoms with Crippen LogP contribution in [0.2, 0.25) is 0 Å². The molecule has 2 aliphatic heterocycles. The molecular weight excluding hydrogens is 298 g/mol. The van der Waals surface area contributed by atoms with Crippen molar-refractivity contribution in [1.29, 1.82) is 0 Å². The van der Waals surface area contributed by atoms with Gasteiger partial charge in [-0.2, -0.15) is 0 Å². The molecule has 1 aromatic heterocycles. The molecule has 0 saturated carbocycles. The van der Waals surface area contributed by atoms with E-state index in [2.05, 4.69) is 15.8 Å². The summed E-state index contributed by atoms with van der Waals surface area (Å²) in [5.41, 5.74) is 12.3. The van der Waals surface area contributed by atoms with Crippen molar-refractivity contribution in [3.63, 3.8) is 0 Å². The number of amides is 2. The molecule has 8 nitrogen and oxygen atoms in total. The van der Waals surface area contributed by atoms with Crippen LogP contribution in [0, 0.1) is 5.92 Å². The van der Waals surface area contributed by atoms with Crippen LogP contribution in [-0.4, -0.2) is 54.0 Å². The van der Waals surface area contributed by atoms with Crippen molar-refractivity contribution in [2.45, 2.75) is 19.1 Å². The van der Waals surface area contributed by atoms with E-state index in [1.165, 1.54) is 6.20 Å². The Kier molecular flexibility index (Phi) is 4.56. The average molecular weight is 319 g/mol. The highest BCUT2D eigenvalue weighted by molar-refractivity contribution is 5.92. The fraction of sp³-hybridized carbons (Fsp3) is 0.533. The van der Waals surface area contributed by atoms with E-state index in [4.69, 9.17) is 10.5 Å². The third-order valence-electron chi connectivity index (χ3n) is 4.35. The number of nitrogens with two attached hydrogens (primary N) is 1. The van der Waals surface area contributed by atoms with Crippen LogP contribution in [0.5, 0.6) is 0 Å². The van der Waals surface area contributed by atoms with E-state index in [1.807, 2.05) is 11.8 Å². The van der Waals surface area contributed by atoms with Crippen molar-refractivity contribution >= 4 is 11.8 Å². The lowest BCUT2D eigenvalue weighted by molar-refractivity contribution is -0.143. The minimum Gasteiger partial charge on any atom is -0.368 e. The van der Waals surface area contributed by atoms with Crippen molar-refractivity contribution in [3.8, 4) is 0 Å². The zero-order valence-corrected chi connectivity index (χ0v) is 13.0. The Labute approximate surface area is 134 Å². The summed E-state index contributed by atoms with van der Waals surface area (Å²) in [7, 11) is 0. The molecule has 0 aromatic carbocycles. The van der Waals surface area contributed by atoms with Gasteiger partial charge in [-0.15, -0.1) is 0 Å². The quantitative estimate of drug-likeness (QED) is 0.672. The molecule has 2 aliphatic rings. The molecule has 1 aromatic rings. The van der Waals surface area contributed by atoms with Crippen molar-refractivity contribution in [1.82, 2.24) is 20.7 Å². The van der Waals surface area contributed by atoms with Crippen LogP contribution in [0.1, 0.15) is 29.1 Å². The van der Waals surface area contributed by atoms with Gasteiger partial charge in [0.15, 0.2) is 0 Å². The van der Waals surface area contributed by atoms with E-state index in [-0.39, 0.29) is 24.0 Å². The molecule has 23 heavy (non-hydrogen) atoms. The number of aromatic nitrogens is 1. The Morgan fingerprint density at radius 2 is 2.26 bits per heavy atom. The molecule has 0 spiro atoms. The van der Waals surface area contributed by atoms with Gasteiger partial charge >= 0.3 is 0 Å². The highest BCUT2D eigenvalue weighted by Gasteiger charge is 2.35. The van der Waals surface area contributed by atoms with Gasteiger partial charge in [0.2, 0.25) is 11.8 Å². The summed E-state index contributed by atoms with van der Waals surface area (Å²) < 4.78 is 5.73. The summed E-state index contributed by atoms with van der Waals surface area (Å²) in [6, 6.07) is 3.46. The molecule has 3 heterocycles. The minimum atomic E-state index is -0.513. The second-order valence-electron chi connectivity index (χ2n) is 5.90. The van der Waals surface area contributed by atoms with Crippen LogP contribution in [0.25, 0.3) is 0 Å². The highest BCUT2D eigenvalue weighted by Crippen LogP contribution is 2.23. The Morgan fingerprint density at radius 3 is 2.87 bits per heavy atom. The van der Waals surface area contributed by atoms with Crippen LogP contribution in [0.4, 0.5) is 0 Å². The Balaban J connectivity index is 1.68. The molecular formula is C15H21N5O3. The third-order valence-corrected chi connectivity index (χ3v) is 4.35. The number of hydrogen-bond acceptors (Lipinski definition) is 6. The minimum absolute atomic E-state index is 0.0704. The lowest BCUT2D eigenvalue weighted by Crippen LogP contribution is -2.47. The molecule has 0 radical (unpaired) electrons. The van der Waals surface area contributed by atoms with Gasteiger partial charge in [0.25, 0.3) is 0 Å². The van der Waals surface area contributed by atoms with Crippen molar-refractivity contribution in [2.24, 2.45) is 11.7 Å². The topological polar surface area (TPSA) is 110 Å². The first-order valence-corrected chi connectivity index (χ1v) is 7.71. The first-order valence-electron chi connectivity index (χ1n) is 7.71. The normalized spacial score (nSPS) is 27.9. The third kappa shape index (κ3) is 3.34.